The van der Waals surface area contributed by atoms with Crippen molar-refractivity contribution in [1.29, 1.82) is 0 Å². The molecule has 21 nitrogen and oxygen atoms in total. The summed E-state index contributed by atoms with van der Waals surface area (Å²) >= 11 is 1.46. The molecule has 8 aliphatic rings. The van der Waals surface area contributed by atoms with Crippen LogP contribution in [-0.2, 0) is 38.0 Å². The van der Waals surface area contributed by atoms with E-state index in [9.17, 15) is 30.0 Å². The van der Waals surface area contributed by atoms with Gasteiger partial charge in [-0.25, -0.2) is 0 Å². The number of aliphatic hydroxyl groups is 3. The first-order chi connectivity index (χ1) is 36.9. The van der Waals surface area contributed by atoms with Crippen LogP contribution in [0.15, 0.2) is 66.0 Å². The molecular weight excluding hydrogens is 1020 g/mol. The fraction of sp³-hybridized carbons (Fsp3) is 0.444. The Labute approximate surface area is 438 Å². The molecule has 76 heavy (non-hydrogen) atoms. The molecule has 0 saturated carbocycles. The van der Waals surface area contributed by atoms with Crippen molar-refractivity contribution in [3.05, 3.63) is 104 Å². The Hall–Kier alpha value is -6.76. The van der Waals surface area contributed by atoms with Crippen LogP contribution >= 0.6 is 11.3 Å². The highest BCUT2D eigenvalue weighted by atomic mass is 32.1. The highest BCUT2D eigenvalue weighted by molar-refractivity contribution is 7.10. The summed E-state index contributed by atoms with van der Waals surface area (Å²) < 4.78 is 85.5. The van der Waals surface area contributed by atoms with Gasteiger partial charge in [0.15, 0.2) is 58.6 Å². The fourth-order valence-electron chi connectivity index (χ4n) is 12.0. The maximum absolute atomic E-state index is 13.5. The highest BCUT2D eigenvalue weighted by Gasteiger charge is 2.57. The Balaban J connectivity index is 0.000000168. The fourth-order valence-corrected chi connectivity index (χ4v) is 12.7. The van der Waals surface area contributed by atoms with Gasteiger partial charge in [0.05, 0.1) is 84.3 Å². The Bertz CT molecular complexity index is 2990. The van der Waals surface area contributed by atoms with Gasteiger partial charge in [0.25, 0.3) is 0 Å². The van der Waals surface area contributed by atoms with Crippen LogP contribution < -0.4 is 42.6 Å². The smallest absolute Gasteiger partial charge is 0.310 e. The van der Waals surface area contributed by atoms with E-state index in [1.807, 2.05) is 41.8 Å². The SMILES string of the molecule is COc1cc([C@@H]2c3cc4c(cc3C(O[C@@H]3O[C@@H]5COC(c6cccs6)O[C@H]5[C@H](O)[C@H]3O)C3COC(=O)[C@@H]32)OCO4)cc(OC)c1O.COc1cc([C@@H]2c3cc4c(cc3[C@H](O)[C@H]3COC(=O)[C@H]23)OCO4)cc(OC)c1OC. The van der Waals surface area contributed by atoms with Crippen LogP contribution in [0.5, 0.6) is 57.5 Å². The molecule has 22 heteroatoms. The number of carbonyl (C=O) groups is 2. The molecule has 7 heterocycles. The number of phenols is 1. The zero-order valence-electron chi connectivity index (χ0n) is 41.6. The van der Waals surface area contributed by atoms with Gasteiger partial charge in [-0.15, -0.1) is 11.3 Å². The molecule has 5 aromatic rings. The van der Waals surface area contributed by atoms with Crippen molar-refractivity contribution in [2.24, 2.45) is 23.7 Å². The quantitative estimate of drug-likeness (QED) is 0.132. The van der Waals surface area contributed by atoms with E-state index in [1.165, 1.54) is 32.7 Å². The van der Waals surface area contributed by atoms with E-state index < -0.39 is 78.8 Å². The third kappa shape index (κ3) is 8.24. The molecule has 4 saturated heterocycles. The van der Waals surface area contributed by atoms with Crippen LogP contribution in [0.25, 0.3) is 0 Å². The van der Waals surface area contributed by atoms with Gasteiger partial charge in [-0.3, -0.25) is 9.59 Å². The molecule has 4 aromatic carbocycles. The van der Waals surface area contributed by atoms with Crippen molar-refractivity contribution in [2.75, 3.05) is 69.0 Å². The normalized spacial score (nSPS) is 31.0. The van der Waals surface area contributed by atoms with Crippen LogP contribution in [0, 0.1) is 23.7 Å². The molecule has 6 aliphatic heterocycles. The molecule has 4 fully saturated rings. The molecule has 402 valence electrons. The minimum Gasteiger partial charge on any atom is -0.502 e. The molecule has 0 bridgehead atoms. The number of fused-ring (bicyclic) bond motifs is 7. The molecule has 0 amide bonds. The summed E-state index contributed by atoms with van der Waals surface area (Å²) in [5.41, 5.74) is 4.30. The van der Waals surface area contributed by atoms with E-state index in [4.69, 9.17) is 71.1 Å². The van der Waals surface area contributed by atoms with Gasteiger partial charge in [-0.2, -0.15) is 0 Å². The summed E-state index contributed by atoms with van der Waals surface area (Å²) in [6.45, 7) is 0.460. The topological polar surface area (TPSA) is 254 Å². The van der Waals surface area contributed by atoms with Gasteiger partial charge in [-0.05, 0) is 93.4 Å². The van der Waals surface area contributed by atoms with E-state index >= 15 is 0 Å². The summed E-state index contributed by atoms with van der Waals surface area (Å²) in [6, 6.07) is 18.0. The van der Waals surface area contributed by atoms with Crippen molar-refractivity contribution in [3.63, 3.8) is 0 Å². The number of cyclic esters (lactones) is 2. The number of hydrogen-bond acceptors (Lipinski definition) is 22. The Morgan fingerprint density at radius 2 is 1.11 bits per heavy atom. The van der Waals surface area contributed by atoms with Gasteiger partial charge >= 0.3 is 11.9 Å². The second-order valence-electron chi connectivity index (χ2n) is 19.3. The number of esters is 2. The van der Waals surface area contributed by atoms with Crippen LogP contribution in [0.4, 0.5) is 0 Å². The molecule has 3 unspecified atom stereocenters. The molecule has 2 aliphatic carbocycles. The van der Waals surface area contributed by atoms with Crippen molar-refractivity contribution in [2.45, 2.75) is 61.0 Å². The number of ether oxygens (including phenoxy) is 15. The molecule has 1 aromatic heterocycles. The Morgan fingerprint density at radius 3 is 1.66 bits per heavy atom. The minimum absolute atomic E-state index is 0.0242. The molecule has 0 spiro atoms. The number of rotatable bonds is 10. The lowest BCUT2D eigenvalue weighted by Gasteiger charge is -2.48. The first-order valence-electron chi connectivity index (χ1n) is 24.5. The monoisotopic (exact) mass is 1070 g/mol. The predicted octanol–water partition coefficient (Wildman–Crippen LogP) is 5.16. The largest absolute Gasteiger partial charge is 0.502 e. The zero-order chi connectivity index (χ0) is 52.7. The lowest BCUT2D eigenvalue weighted by molar-refractivity contribution is -0.368. The third-order valence-corrected chi connectivity index (χ3v) is 16.5. The van der Waals surface area contributed by atoms with Gasteiger partial charge in [0.2, 0.25) is 25.1 Å². The van der Waals surface area contributed by atoms with Crippen LogP contribution in [0.3, 0.4) is 0 Å². The second-order valence-corrected chi connectivity index (χ2v) is 20.3. The van der Waals surface area contributed by atoms with E-state index in [-0.39, 0.29) is 68.5 Å². The van der Waals surface area contributed by atoms with Crippen molar-refractivity contribution in [1.82, 2.24) is 0 Å². The van der Waals surface area contributed by atoms with E-state index in [2.05, 4.69) is 0 Å². The van der Waals surface area contributed by atoms with Gasteiger partial charge in [0, 0.05) is 23.7 Å². The van der Waals surface area contributed by atoms with Gasteiger partial charge in [-0.1, -0.05) is 6.07 Å². The second kappa shape index (κ2) is 20.0. The Kier molecular flexibility index (Phi) is 13.2. The van der Waals surface area contributed by atoms with E-state index in [0.29, 0.717) is 62.5 Å². The molecule has 14 atom stereocenters. The molecular formula is C54H54O21S. The van der Waals surface area contributed by atoms with Crippen LogP contribution in [0.1, 0.15) is 68.6 Å². The zero-order valence-corrected chi connectivity index (χ0v) is 42.4. The molecule has 4 N–H and O–H groups in total. The maximum atomic E-state index is 13.5. The predicted molar refractivity (Wildman–Crippen MR) is 259 cm³/mol. The van der Waals surface area contributed by atoms with E-state index in [1.54, 1.807) is 38.5 Å². The number of thiophene rings is 1. The number of benzene rings is 4. The third-order valence-electron chi connectivity index (χ3n) is 15.6. The summed E-state index contributed by atoms with van der Waals surface area (Å²) in [4.78, 5) is 27.1. The standard InChI is InChI=1S/C32H32O13S.C22H22O8/c1-37-19-6-13(7-20(38-2)25(19)33)23-14-8-17-18(42-12-41-17)9-15(14)28(16-10-39-30(36)24(16)23)44-32-27(35)26(34)29-21(43-32)11-40-31(45-29)22-4-3-5-46-22;1-25-16-4-10(5-17(26-2)21(16)27-3)18-11-6-14-15(30-9-29-14)7-12(11)20(23)13-8-28-22(24)19(13)18/h3-9,16,21,23-24,26-29,31-35H,10-12H2,1-2H3;4-7,13,18-20,23H,8-9H2,1-3H3/t16?,21-,23-,24+,26-,27-,28?,29-,31?,32+;13-,18+,19-,20-/m10/s1. The number of carbonyl (C=O) groups excluding carboxylic acids is 2. The minimum atomic E-state index is -1.47. The summed E-state index contributed by atoms with van der Waals surface area (Å²) in [7, 11) is 7.49. The average Bonchev–Trinajstić information content (AvgIpc) is 4.47. The summed E-state index contributed by atoms with van der Waals surface area (Å²) in [6.07, 6.45) is -8.01. The summed E-state index contributed by atoms with van der Waals surface area (Å²) in [5, 5.41) is 46.0. The number of aromatic hydroxyl groups is 1. The van der Waals surface area contributed by atoms with Gasteiger partial charge < -0.3 is 91.5 Å². The lowest BCUT2D eigenvalue weighted by Crippen LogP contribution is -2.62. The first kappa shape index (κ1) is 50.1. The highest BCUT2D eigenvalue weighted by Crippen LogP contribution is 2.59. The van der Waals surface area contributed by atoms with Crippen molar-refractivity contribution < 1.29 is 101 Å². The average molecular weight is 1070 g/mol. The first-order valence-corrected chi connectivity index (χ1v) is 25.4. The van der Waals surface area contributed by atoms with Crippen LogP contribution in [0.2, 0.25) is 0 Å². The van der Waals surface area contributed by atoms with Crippen LogP contribution in [-0.4, -0.2) is 132 Å². The van der Waals surface area contributed by atoms with Gasteiger partial charge in [0.1, 0.15) is 24.4 Å². The number of hydrogen-bond donors (Lipinski definition) is 4. The van der Waals surface area contributed by atoms with Crippen molar-refractivity contribution >= 4 is 23.3 Å². The molecule has 0 radical (unpaired) electrons. The molecule has 13 rings (SSSR count). The number of methoxy groups -OCH3 is 5. The Morgan fingerprint density at radius 1 is 0.579 bits per heavy atom. The number of phenolic OH excluding ortho intramolecular Hbond substituents is 1. The van der Waals surface area contributed by atoms with E-state index in [0.717, 1.165) is 16.0 Å². The summed E-state index contributed by atoms with van der Waals surface area (Å²) in [5.74, 6) is -0.0953. The lowest BCUT2D eigenvalue weighted by atomic mass is 9.66. The number of aliphatic hydroxyl groups excluding tert-OH is 3. The van der Waals surface area contributed by atoms with Crippen molar-refractivity contribution in [3.8, 4) is 57.5 Å². The maximum Gasteiger partial charge on any atom is 0.310 e.